The van der Waals surface area contributed by atoms with Gasteiger partial charge in [0.2, 0.25) is 17.7 Å². The van der Waals surface area contributed by atoms with Crippen LogP contribution in [-0.2, 0) is 19.1 Å². The predicted molar refractivity (Wildman–Crippen MR) is 146 cm³/mol. The van der Waals surface area contributed by atoms with Gasteiger partial charge in [-0.2, -0.15) is 0 Å². The Morgan fingerprint density at radius 3 is 2.39 bits per heavy atom. The van der Waals surface area contributed by atoms with E-state index in [9.17, 15) is 19.2 Å². The average molecular weight is 527 g/mol. The number of nitrogens with zero attached hydrogens (tertiary/aromatic N) is 1. The minimum Gasteiger partial charge on any atom is -0.444 e. The quantitative estimate of drug-likeness (QED) is 0.402. The van der Waals surface area contributed by atoms with E-state index < -0.39 is 35.6 Å². The molecular weight excluding hydrogens is 484 g/mol. The van der Waals surface area contributed by atoms with E-state index >= 15 is 0 Å². The van der Waals surface area contributed by atoms with Crippen molar-refractivity contribution >= 4 is 29.9 Å². The van der Waals surface area contributed by atoms with Crippen LogP contribution in [0.25, 0.3) is 6.08 Å². The summed E-state index contributed by atoms with van der Waals surface area (Å²) in [6.45, 7) is 9.01. The van der Waals surface area contributed by atoms with Gasteiger partial charge in [0.1, 0.15) is 17.7 Å². The van der Waals surface area contributed by atoms with E-state index in [0.29, 0.717) is 5.56 Å². The molecule has 9 nitrogen and oxygen atoms in total. The number of benzene rings is 1. The van der Waals surface area contributed by atoms with E-state index in [2.05, 4.69) is 17.2 Å². The fraction of sp³-hybridized carbons (Fsp3) is 0.586. The fourth-order valence-electron chi connectivity index (χ4n) is 4.87. The van der Waals surface area contributed by atoms with Crippen molar-refractivity contribution in [2.75, 3.05) is 0 Å². The summed E-state index contributed by atoms with van der Waals surface area (Å²) in [6.07, 6.45) is 7.40. The number of rotatable bonds is 11. The van der Waals surface area contributed by atoms with Crippen LogP contribution in [-0.4, -0.2) is 52.4 Å². The van der Waals surface area contributed by atoms with Crippen LogP contribution in [0.4, 0.5) is 4.79 Å². The summed E-state index contributed by atoms with van der Waals surface area (Å²) in [7, 11) is 0. The van der Waals surface area contributed by atoms with Gasteiger partial charge in [0, 0.05) is 18.5 Å². The Labute approximate surface area is 225 Å². The van der Waals surface area contributed by atoms with E-state index in [4.69, 9.17) is 10.5 Å². The zero-order valence-corrected chi connectivity index (χ0v) is 22.8. The number of primary amides is 1. The molecule has 4 N–H and O–H groups in total. The third-order valence-corrected chi connectivity index (χ3v) is 6.80. The van der Waals surface area contributed by atoms with Gasteiger partial charge in [0.25, 0.3) is 0 Å². The van der Waals surface area contributed by atoms with Crippen LogP contribution in [0.3, 0.4) is 0 Å². The highest BCUT2D eigenvalue weighted by Crippen LogP contribution is 2.36. The molecule has 2 fully saturated rings. The van der Waals surface area contributed by atoms with Gasteiger partial charge in [-0.3, -0.25) is 14.4 Å². The summed E-state index contributed by atoms with van der Waals surface area (Å²) in [5.74, 6) is -1.27. The van der Waals surface area contributed by atoms with Crippen LogP contribution in [0.2, 0.25) is 0 Å². The number of hydrogen-bond donors (Lipinski definition) is 3. The maximum absolute atomic E-state index is 14.1. The standard InChI is InChI=1S/C29H42N4O5/c1-5-19-10-9-11-20(18-19)25(26(35)31-21-12-7-6-8-13-21)33(22-14-15-22)27(36)23(16-17-24(30)34)32-28(37)38-29(2,3)4/h5,9-11,18,21-23,25H,1,6-8,12-17H2,2-4H3,(H2,30,34)(H,31,35)(H,32,37). The number of carbonyl (C=O) groups is 4. The van der Waals surface area contributed by atoms with Crippen molar-refractivity contribution in [2.45, 2.75) is 108 Å². The highest BCUT2D eigenvalue weighted by molar-refractivity contribution is 5.93. The first-order chi connectivity index (χ1) is 18.0. The SMILES string of the molecule is C=Cc1cccc(C(C(=O)NC2CCCCC2)N(C(=O)C(CCC(N)=O)NC(=O)OC(C)(C)C)C2CC2)c1. The molecule has 1 aromatic carbocycles. The zero-order chi connectivity index (χ0) is 27.9. The van der Waals surface area contributed by atoms with Gasteiger partial charge in [0.05, 0.1) is 0 Å². The first kappa shape index (κ1) is 29.2. The largest absolute Gasteiger partial charge is 0.444 e. The summed E-state index contributed by atoms with van der Waals surface area (Å²) in [4.78, 5) is 53.8. The molecule has 0 saturated heterocycles. The Bertz CT molecular complexity index is 1020. The molecular formula is C29H42N4O5. The van der Waals surface area contributed by atoms with Gasteiger partial charge < -0.3 is 26.0 Å². The number of hydrogen-bond acceptors (Lipinski definition) is 5. The molecule has 9 heteroatoms. The Kier molecular flexibility index (Phi) is 9.94. The molecule has 0 radical (unpaired) electrons. The molecule has 1 aromatic rings. The zero-order valence-electron chi connectivity index (χ0n) is 22.8. The molecule has 2 unspecified atom stereocenters. The van der Waals surface area contributed by atoms with Gasteiger partial charge in [-0.15, -0.1) is 0 Å². The molecule has 208 valence electrons. The van der Waals surface area contributed by atoms with E-state index in [0.717, 1.165) is 50.5 Å². The lowest BCUT2D eigenvalue weighted by molar-refractivity contribution is -0.143. The Hall–Kier alpha value is -3.36. The second-order valence-electron chi connectivity index (χ2n) is 11.3. The maximum atomic E-state index is 14.1. The molecule has 0 heterocycles. The van der Waals surface area contributed by atoms with Crippen molar-refractivity contribution in [3.63, 3.8) is 0 Å². The lowest BCUT2D eigenvalue weighted by atomic mass is 9.94. The molecule has 0 bridgehead atoms. The third-order valence-electron chi connectivity index (χ3n) is 6.80. The molecule has 0 aromatic heterocycles. The second kappa shape index (κ2) is 12.9. The number of carbonyl (C=O) groups excluding carboxylic acids is 4. The first-order valence-electron chi connectivity index (χ1n) is 13.6. The number of ether oxygens (including phenoxy) is 1. The predicted octanol–water partition coefficient (Wildman–Crippen LogP) is 3.97. The molecule has 38 heavy (non-hydrogen) atoms. The summed E-state index contributed by atoms with van der Waals surface area (Å²) >= 11 is 0. The van der Waals surface area contributed by atoms with E-state index in [-0.39, 0.29) is 30.8 Å². The molecule has 2 saturated carbocycles. The first-order valence-corrected chi connectivity index (χ1v) is 13.6. The monoisotopic (exact) mass is 526 g/mol. The minimum absolute atomic E-state index is 0.000289. The molecule has 2 aliphatic carbocycles. The number of nitrogens with two attached hydrogens (primary N) is 1. The molecule has 0 aliphatic heterocycles. The normalized spacial score (nSPS) is 17.6. The number of nitrogens with one attached hydrogen (secondary N) is 2. The molecule has 4 amide bonds. The van der Waals surface area contributed by atoms with Crippen molar-refractivity contribution in [2.24, 2.45) is 5.73 Å². The van der Waals surface area contributed by atoms with Gasteiger partial charge in [-0.1, -0.05) is 50.1 Å². The van der Waals surface area contributed by atoms with E-state index in [1.165, 1.54) is 0 Å². The van der Waals surface area contributed by atoms with Crippen LogP contribution < -0.4 is 16.4 Å². The van der Waals surface area contributed by atoms with Crippen LogP contribution in [0, 0.1) is 0 Å². The van der Waals surface area contributed by atoms with Gasteiger partial charge >= 0.3 is 6.09 Å². The smallest absolute Gasteiger partial charge is 0.408 e. The minimum atomic E-state index is -1.08. The molecule has 2 atom stereocenters. The molecule has 3 rings (SSSR count). The van der Waals surface area contributed by atoms with Crippen molar-refractivity contribution in [3.05, 3.63) is 42.0 Å². The van der Waals surface area contributed by atoms with Crippen molar-refractivity contribution in [1.82, 2.24) is 15.5 Å². The summed E-state index contributed by atoms with van der Waals surface area (Å²) in [5, 5.41) is 5.82. The van der Waals surface area contributed by atoms with E-state index in [1.54, 1.807) is 31.7 Å². The maximum Gasteiger partial charge on any atom is 0.408 e. The number of amides is 4. The lowest BCUT2D eigenvalue weighted by Gasteiger charge is -2.36. The summed E-state index contributed by atoms with van der Waals surface area (Å²) in [5.41, 5.74) is 6.10. The second-order valence-corrected chi connectivity index (χ2v) is 11.3. The van der Waals surface area contributed by atoms with E-state index in [1.807, 2.05) is 24.3 Å². The average Bonchev–Trinajstić information content (AvgIpc) is 3.69. The third kappa shape index (κ3) is 8.60. The Balaban J connectivity index is 1.95. The Morgan fingerprint density at radius 1 is 1.13 bits per heavy atom. The summed E-state index contributed by atoms with van der Waals surface area (Å²) in [6, 6.07) is 5.35. The highest BCUT2D eigenvalue weighted by Gasteiger charge is 2.44. The summed E-state index contributed by atoms with van der Waals surface area (Å²) < 4.78 is 5.38. The lowest BCUT2D eigenvalue weighted by Crippen LogP contribution is -2.54. The van der Waals surface area contributed by atoms with Crippen molar-refractivity contribution in [3.8, 4) is 0 Å². The van der Waals surface area contributed by atoms with Crippen molar-refractivity contribution < 1.29 is 23.9 Å². The Morgan fingerprint density at radius 2 is 1.82 bits per heavy atom. The van der Waals surface area contributed by atoms with Crippen LogP contribution in [0.5, 0.6) is 0 Å². The van der Waals surface area contributed by atoms with Gasteiger partial charge in [-0.25, -0.2) is 4.79 Å². The van der Waals surface area contributed by atoms with Crippen LogP contribution in [0.1, 0.15) is 95.7 Å². The van der Waals surface area contributed by atoms with Crippen LogP contribution >= 0.6 is 0 Å². The van der Waals surface area contributed by atoms with Gasteiger partial charge in [0.15, 0.2) is 0 Å². The highest BCUT2D eigenvalue weighted by atomic mass is 16.6. The van der Waals surface area contributed by atoms with Crippen molar-refractivity contribution in [1.29, 1.82) is 0 Å². The molecule has 0 spiro atoms. The van der Waals surface area contributed by atoms with Crippen LogP contribution in [0.15, 0.2) is 30.8 Å². The fourth-order valence-corrected chi connectivity index (χ4v) is 4.87. The molecule has 2 aliphatic rings. The topological polar surface area (TPSA) is 131 Å². The number of alkyl carbamates (subject to hydrolysis) is 1. The van der Waals surface area contributed by atoms with Gasteiger partial charge in [-0.05, 0) is 70.1 Å².